The summed E-state index contributed by atoms with van der Waals surface area (Å²) in [6.07, 6.45) is 19.3. The molecule has 0 unspecified atom stereocenters. The molecule has 0 aromatic heterocycles. The zero-order valence-electron chi connectivity index (χ0n) is 15.0. The quantitative estimate of drug-likeness (QED) is 0.191. The summed E-state index contributed by atoms with van der Waals surface area (Å²) >= 11 is 3.47. The Bertz CT molecular complexity index is 283. The van der Waals surface area contributed by atoms with Gasteiger partial charge >= 0.3 is 6.03 Å². The lowest BCUT2D eigenvalue weighted by Gasteiger charge is -2.06. The molecule has 0 aromatic rings. The van der Waals surface area contributed by atoms with Gasteiger partial charge in [-0.3, -0.25) is 0 Å². The van der Waals surface area contributed by atoms with Gasteiger partial charge in [0.15, 0.2) is 0 Å². The summed E-state index contributed by atoms with van der Waals surface area (Å²) in [6.45, 7) is 3.74. The van der Waals surface area contributed by atoms with Crippen LogP contribution in [0.3, 0.4) is 0 Å². The van der Waals surface area contributed by atoms with Crippen LogP contribution in [-0.2, 0) is 0 Å². The van der Waals surface area contributed by atoms with Crippen molar-refractivity contribution in [2.45, 2.75) is 84.0 Å². The van der Waals surface area contributed by atoms with Gasteiger partial charge in [-0.2, -0.15) is 0 Å². The smallest absolute Gasteiger partial charge is 0.314 e. The molecule has 0 spiro atoms. The molecular weight excluding hydrogens is 352 g/mol. The molecule has 0 aliphatic carbocycles. The molecule has 2 amide bonds. The van der Waals surface area contributed by atoms with Gasteiger partial charge in [-0.1, -0.05) is 67.1 Å². The highest BCUT2D eigenvalue weighted by molar-refractivity contribution is 9.09. The topological polar surface area (TPSA) is 41.1 Å². The maximum Gasteiger partial charge on any atom is 0.314 e. The van der Waals surface area contributed by atoms with Crippen LogP contribution in [0.2, 0.25) is 0 Å². The van der Waals surface area contributed by atoms with Gasteiger partial charge in [0.2, 0.25) is 0 Å². The number of unbranched alkanes of at least 4 members (excludes halogenated alkanes) is 9. The number of carbonyl (C=O) groups is 1. The molecule has 0 heterocycles. The standard InChI is InChI=1S/C19H37BrN2O/c1-2-3-14-17-21-19(23)22-18-15-12-10-8-6-4-5-7-9-11-13-16-20/h6,8H,2-5,7,9-18H2,1H3,(H2,21,22,23)/b8-6-. The van der Waals surface area contributed by atoms with Crippen molar-refractivity contribution in [1.29, 1.82) is 0 Å². The first-order chi connectivity index (χ1) is 11.3. The molecule has 3 nitrogen and oxygen atoms in total. The van der Waals surface area contributed by atoms with Crippen LogP contribution in [0.4, 0.5) is 4.79 Å². The van der Waals surface area contributed by atoms with Crippen LogP contribution < -0.4 is 10.6 Å². The fraction of sp³-hybridized carbons (Fsp3) is 0.842. The van der Waals surface area contributed by atoms with Gasteiger partial charge in [-0.05, 0) is 44.9 Å². The SMILES string of the molecule is CCCCCNC(=O)NCCCC/C=C\CCCCCCCBr. The molecular formula is C19H37BrN2O. The van der Waals surface area contributed by atoms with E-state index in [1.165, 1.54) is 51.4 Å². The predicted octanol–water partition coefficient (Wildman–Crippen LogP) is 5.94. The van der Waals surface area contributed by atoms with E-state index in [-0.39, 0.29) is 6.03 Å². The Labute approximate surface area is 152 Å². The number of rotatable bonds is 16. The Kier molecular flexibility index (Phi) is 19.1. The minimum Gasteiger partial charge on any atom is -0.338 e. The lowest BCUT2D eigenvalue weighted by Crippen LogP contribution is -2.36. The summed E-state index contributed by atoms with van der Waals surface area (Å²) in [6, 6.07) is -0.0171. The van der Waals surface area contributed by atoms with Gasteiger partial charge in [-0.15, -0.1) is 0 Å². The van der Waals surface area contributed by atoms with E-state index in [1.54, 1.807) is 0 Å². The normalized spacial score (nSPS) is 11.0. The summed E-state index contributed by atoms with van der Waals surface area (Å²) in [5.41, 5.74) is 0. The van der Waals surface area contributed by atoms with Crippen LogP contribution in [0.25, 0.3) is 0 Å². The molecule has 4 heteroatoms. The molecule has 0 aliphatic rings. The van der Waals surface area contributed by atoms with Gasteiger partial charge in [0.1, 0.15) is 0 Å². The lowest BCUT2D eigenvalue weighted by molar-refractivity contribution is 0.240. The number of halogens is 1. The largest absolute Gasteiger partial charge is 0.338 e. The summed E-state index contributed by atoms with van der Waals surface area (Å²) in [5.74, 6) is 0. The zero-order valence-corrected chi connectivity index (χ0v) is 16.6. The summed E-state index contributed by atoms with van der Waals surface area (Å²) in [7, 11) is 0. The highest BCUT2D eigenvalue weighted by Crippen LogP contribution is 2.07. The van der Waals surface area contributed by atoms with Crippen molar-refractivity contribution in [3.63, 3.8) is 0 Å². The third-order valence-electron chi connectivity index (χ3n) is 3.82. The number of allylic oxidation sites excluding steroid dienone is 2. The monoisotopic (exact) mass is 388 g/mol. The van der Waals surface area contributed by atoms with Gasteiger partial charge < -0.3 is 10.6 Å². The van der Waals surface area contributed by atoms with Crippen molar-refractivity contribution in [2.75, 3.05) is 18.4 Å². The highest BCUT2D eigenvalue weighted by atomic mass is 79.9. The van der Waals surface area contributed by atoms with Crippen LogP contribution in [0.1, 0.15) is 84.0 Å². The maximum absolute atomic E-state index is 11.5. The van der Waals surface area contributed by atoms with Crippen LogP contribution >= 0.6 is 15.9 Å². The highest BCUT2D eigenvalue weighted by Gasteiger charge is 1.97. The molecule has 0 bridgehead atoms. The lowest BCUT2D eigenvalue weighted by atomic mass is 10.1. The first-order valence-corrected chi connectivity index (χ1v) is 10.7. The fourth-order valence-electron chi connectivity index (χ4n) is 2.35. The minimum absolute atomic E-state index is 0.0171. The molecule has 0 saturated heterocycles. The van der Waals surface area contributed by atoms with E-state index in [9.17, 15) is 4.79 Å². The number of alkyl halides is 1. The Morgan fingerprint density at radius 2 is 1.30 bits per heavy atom. The van der Waals surface area contributed by atoms with E-state index in [0.29, 0.717) is 0 Å². The molecule has 2 N–H and O–H groups in total. The third-order valence-corrected chi connectivity index (χ3v) is 4.38. The van der Waals surface area contributed by atoms with Gasteiger partial charge in [0.05, 0.1) is 0 Å². The van der Waals surface area contributed by atoms with E-state index < -0.39 is 0 Å². The van der Waals surface area contributed by atoms with Crippen LogP contribution in [0.15, 0.2) is 12.2 Å². The number of amides is 2. The Hall–Kier alpha value is -0.510. The van der Waals surface area contributed by atoms with E-state index in [1.807, 2.05) is 0 Å². The maximum atomic E-state index is 11.5. The summed E-state index contributed by atoms with van der Waals surface area (Å²) in [5, 5.41) is 6.95. The van der Waals surface area contributed by atoms with Crippen molar-refractivity contribution >= 4 is 22.0 Å². The molecule has 0 aliphatic heterocycles. The second kappa shape index (κ2) is 19.5. The minimum atomic E-state index is -0.0171. The average Bonchev–Trinajstić information content (AvgIpc) is 2.56. The van der Waals surface area contributed by atoms with Crippen molar-refractivity contribution in [1.82, 2.24) is 10.6 Å². The molecule has 0 rings (SSSR count). The summed E-state index contributed by atoms with van der Waals surface area (Å²) in [4.78, 5) is 11.5. The van der Waals surface area contributed by atoms with E-state index >= 15 is 0 Å². The molecule has 136 valence electrons. The van der Waals surface area contributed by atoms with Crippen molar-refractivity contribution in [3.8, 4) is 0 Å². The Morgan fingerprint density at radius 3 is 1.91 bits per heavy atom. The number of nitrogens with one attached hydrogen (secondary N) is 2. The Balaban J connectivity index is 3.19. The first-order valence-electron chi connectivity index (χ1n) is 9.54. The van der Waals surface area contributed by atoms with Crippen LogP contribution in [0.5, 0.6) is 0 Å². The van der Waals surface area contributed by atoms with E-state index in [2.05, 4.69) is 45.6 Å². The summed E-state index contributed by atoms with van der Waals surface area (Å²) < 4.78 is 0. The van der Waals surface area contributed by atoms with E-state index in [4.69, 9.17) is 0 Å². The second-order valence-corrected chi connectivity index (χ2v) is 6.90. The van der Waals surface area contributed by atoms with Crippen molar-refractivity contribution in [3.05, 3.63) is 12.2 Å². The fourth-order valence-corrected chi connectivity index (χ4v) is 2.75. The van der Waals surface area contributed by atoms with Gasteiger partial charge in [-0.25, -0.2) is 4.79 Å². The van der Waals surface area contributed by atoms with Crippen LogP contribution in [-0.4, -0.2) is 24.5 Å². The van der Waals surface area contributed by atoms with Crippen molar-refractivity contribution < 1.29 is 4.79 Å². The second-order valence-electron chi connectivity index (χ2n) is 6.10. The molecule has 0 fully saturated rings. The number of hydrogen-bond acceptors (Lipinski definition) is 1. The van der Waals surface area contributed by atoms with Crippen molar-refractivity contribution in [2.24, 2.45) is 0 Å². The zero-order chi connectivity index (χ0) is 17.0. The number of urea groups is 1. The average molecular weight is 389 g/mol. The van der Waals surface area contributed by atoms with E-state index in [0.717, 1.165) is 44.1 Å². The molecule has 0 aromatic carbocycles. The third kappa shape index (κ3) is 19.4. The number of hydrogen-bond donors (Lipinski definition) is 2. The first kappa shape index (κ1) is 22.5. The number of carbonyl (C=O) groups excluding carboxylic acids is 1. The molecule has 23 heavy (non-hydrogen) atoms. The van der Waals surface area contributed by atoms with Gasteiger partial charge in [0, 0.05) is 18.4 Å². The molecule has 0 radical (unpaired) electrons. The van der Waals surface area contributed by atoms with Crippen LogP contribution in [0, 0.1) is 0 Å². The molecule has 0 atom stereocenters. The van der Waals surface area contributed by atoms with Gasteiger partial charge in [0.25, 0.3) is 0 Å². The predicted molar refractivity (Wildman–Crippen MR) is 105 cm³/mol. The Morgan fingerprint density at radius 1 is 0.783 bits per heavy atom. The molecule has 0 saturated carbocycles.